The molecule has 0 N–H and O–H groups in total. The first-order valence-corrected chi connectivity index (χ1v) is 15.6. The van der Waals surface area contributed by atoms with Crippen molar-refractivity contribution >= 4 is 27.3 Å². The van der Waals surface area contributed by atoms with Crippen LogP contribution in [0.3, 0.4) is 0 Å². The fraction of sp³-hybridized carbons (Fsp3) is 0. The van der Waals surface area contributed by atoms with Gasteiger partial charge in [-0.1, -0.05) is 133 Å². The second-order valence-electron chi connectivity index (χ2n) is 11.6. The number of para-hydroxylation sites is 1. The summed E-state index contributed by atoms with van der Waals surface area (Å²) >= 11 is 0. The molecule has 0 aliphatic carbocycles. The Hall–Kier alpha value is -6.46. The molecule has 0 bridgehead atoms. The number of aromatic nitrogens is 5. The van der Waals surface area contributed by atoms with Gasteiger partial charge >= 0.3 is 0 Å². The maximum Gasteiger partial charge on any atom is 0.160 e. The molecule has 4 heterocycles. The van der Waals surface area contributed by atoms with Gasteiger partial charge in [-0.3, -0.25) is 0 Å². The lowest BCUT2D eigenvalue weighted by molar-refractivity contribution is 1.18. The molecule has 47 heavy (non-hydrogen) atoms. The van der Waals surface area contributed by atoms with E-state index in [9.17, 15) is 0 Å². The van der Waals surface area contributed by atoms with Crippen LogP contribution in [0.25, 0.3) is 83.7 Å². The zero-order valence-corrected chi connectivity index (χ0v) is 25.3. The zero-order chi connectivity index (χ0) is 31.2. The predicted molar refractivity (Wildman–Crippen MR) is 191 cm³/mol. The molecule has 0 spiro atoms. The summed E-state index contributed by atoms with van der Waals surface area (Å²) in [6, 6.07) is 51.8. The van der Waals surface area contributed by atoms with Crippen LogP contribution in [0.1, 0.15) is 0 Å². The number of hydrogen-bond donors (Lipinski definition) is 0. The van der Waals surface area contributed by atoms with E-state index in [1.807, 2.05) is 72.8 Å². The van der Waals surface area contributed by atoms with Gasteiger partial charge in [0.05, 0.1) is 28.3 Å². The Labute approximate surface area is 271 Å². The highest BCUT2D eigenvalue weighted by Crippen LogP contribution is 2.36. The Bertz CT molecular complexity index is 2480. The summed E-state index contributed by atoms with van der Waals surface area (Å²) in [5.74, 6) is 0.701. The molecule has 5 nitrogen and oxygen atoms in total. The normalized spacial score (nSPS) is 11.4. The van der Waals surface area contributed by atoms with Crippen LogP contribution in [-0.2, 0) is 0 Å². The Balaban J connectivity index is 1.19. The summed E-state index contributed by atoms with van der Waals surface area (Å²) in [6.07, 6.45) is 4.19. The molecule has 9 aromatic rings. The fourth-order valence-electron chi connectivity index (χ4n) is 6.31. The molecule has 0 aliphatic heterocycles. The van der Waals surface area contributed by atoms with Gasteiger partial charge in [0, 0.05) is 56.4 Å². The van der Waals surface area contributed by atoms with E-state index in [0.717, 1.165) is 77.9 Å². The van der Waals surface area contributed by atoms with E-state index in [1.54, 1.807) is 0 Å². The third-order valence-corrected chi connectivity index (χ3v) is 8.64. The highest BCUT2D eigenvalue weighted by molar-refractivity contribution is 6.16. The summed E-state index contributed by atoms with van der Waals surface area (Å²) in [7, 11) is 0. The van der Waals surface area contributed by atoms with Crippen molar-refractivity contribution in [1.29, 1.82) is 0 Å². The number of pyridine rings is 2. The monoisotopic (exact) mass is 601 g/mol. The van der Waals surface area contributed by atoms with Crippen LogP contribution in [0.5, 0.6) is 0 Å². The second-order valence-corrected chi connectivity index (χ2v) is 11.6. The largest absolute Gasteiger partial charge is 0.306 e. The predicted octanol–water partition coefficient (Wildman–Crippen LogP) is 10.2. The number of hydrogen-bond acceptors (Lipinski definition) is 4. The summed E-state index contributed by atoms with van der Waals surface area (Å²) in [5.41, 5.74) is 10.7. The van der Waals surface area contributed by atoms with Gasteiger partial charge in [0.1, 0.15) is 5.65 Å². The molecule has 5 aromatic carbocycles. The van der Waals surface area contributed by atoms with Gasteiger partial charge in [-0.05, 0) is 18.2 Å². The van der Waals surface area contributed by atoms with Crippen LogP contribution in [0.4, 0.5) is 0 Å². The minimum Gasteiger partial charge on any atom is -0.306 e. The summed E-state index contributed by atoms with van der Waals surface area (Å²) in [4.78, 5) is 20.3. The van der Waals surface area contributed by atoms with Crippen LogP contribution in [0.2, 0.25) is 0 Å². The smallest absolute Gasteiger partial charge is 0.160 e. The highest BCUT2D eigenvalue weighted by atomic mass is 15.0. The molecule has 9 rings (SSSR count). The van der Waals surface area contributed by atoms with Crippen LogP contribution >= 0.6 is 0 Å². The van der Waals surface area contributed by atoms with Gasteiger partial charge in [0.25, 0.3) is 0 Å². The van der Waals surface area contributed by atoms with Crippen LogP contribution in [0, 0.1) is 0 Å². The van der Waals surface area contributed by atoms with Gasteiger partial charge in [-0.2, -0.15) is 0 Å². The third-order valence-electron chi connectivity index (χ3n) is 8.64. The molecule has 220 valence electrons. The lowest BCUT2D eigenvalue weighted by atomic mass is 9.99. The van der Waals surface area contributed by atoms with Crippen LogP contribution < -0.4 is 0 Å². The van der Waals surface area contributed by atoms with Gasteiger partial charge in [-0.25, -0.2) is 19.9 Å². The molecule has 0 saturated carbocycles. The molecular weight excluding hydrogens is 574 g/mol. The number of nitrogens with zero attached hydrogens (tertiary/aromatic N) is 5. The Kier molecular flexibility index (Phi) is 6.39. The van der Waals surface area contributed by atoms with Crippen molar-refractivity contribution in [2.24, 2.45) is 0 Å². The molecule has 0 aliphatic rings. The first-order chi connectivity index (χ1) is 23.3. The summed E-state index contributed by atoms with van der Waals surface area (Å²) < 4.78 is 2.12. The minimum absolute atomic E-state index is 0.701. The second kappa shape index (κ2) is 11.2. The standard InChI is InChI=1S/C42H27N5/c1-4-12-28(13-5-1)36-26-37(45-41(44-36)32-16-8-3-9-17-32)30-20-22-31(23-21-30)40-34-24-25-47-27-38(29-14-6-2-7-15-29)46-42(47)39(34)33-18-10-11-19-35(33)43-40/h1-27H. The van der Waals surface area contributed by atoms with E-state index >= 15 is 0 Å². The average molecular weight is 602 g/mol. The minimum atomic E-state index is 0.701. The molecule has 0 radical (unpaired) electrons. The van der Waals surface area contributed by atoms with Crippen molar-refractivity contribution in [3.63, 3.8) is 0 Å². The maximum absolute atomic E-state index is 5.19. The van der Waals surface area contributed by atoms with E-state index in [4.69, 9.17) is 19.9 Å². The molecular formula is C42H27N5. The topological polar surface area (TPSA) is 56.0 Å². The lowest BCUT2D eigenvalue weighted by Crippen LogP contribution is -1.96. The number of imidazole rings is 1. The van der Waals surface area contributed by atoms with E-state index in [1.165, 1.54) is 0 Å². The van der Waals surface area contributed by atoms with Crippen molar-refractivity contribution in [2.45, 2.75) is 0 Å². The molecule has 5 heteroatoms. The van der Waals surface area contributed by atoms with Crippen molar-refractivity contribution in [1.82, 2.24) is 24.3 Å². The van der Waals surface area contributed by atoms with Crippen molar-refractivity contribution in [3.05, 3.63) is 164 Å². The van der Waals surface area contributed by atoms with Gasteiger partial charge in [0.2, 0.25) is 0 Å². The average Bonchev–Trinajstić information content (AvgIpc) is 3.60. The fourth-order valence-corrected chi connectivity index (χ4v) is 6.31. The SMILES string of the molecule is c1ccc(-c2cc(-c3ccc(-c4nc5ccccc5c5c4ccn4cc(-c6ccccc6)nc54)cc3)nc(-c3ccccc3)n2)cc1. The molecule has 0 unspecified atom stereocenters. The first-order valence-electron chi connectivity index (χ1n) is 15.6. The molecule has 0 saturated heterocycles. The first kappa shape index (κ1) is 26.9. The summed E-state index contributed by atoms with van der Waals surface area (Å²) in [6.45, 7) is 0. The van der Waals surface area contributed by atoms with Crippen molar-refractivity contribution < 1.29 is 0 Å². The van der Waals surface area contributed by atoms with Gasteiger partial charge < -0.3 is 4.40 Å². The van der Waals surface area contributed by atoms with Crippen molar-refractivity contribution in [2.75, 3.05) is 0 Å². The maximum atomic E-state index is 5.19. The molecule has 0 amide bonds. The van der Waals surface area contributed by atoms with E-state index < -0.39 is 0 Å². The highest BCUT2D eigenvalue weighted by Gasteiger charge is 2.17. The Morgan fingerprint density at radius 1 is 0.404 bits per heavy atom. The Morgan fingerprint density at radius 2 is 0.957 bits per heavy atom. The Morgan fingerprint density at radius 3 is 1.64 bits per heavy atom. The molecule has 0 fully saturated rings. The van der Waals surface area contributed by atoms with Crippen LogP contribution in [0.15, 0.2) is 164 Å². The van der Waals surface area contributed by atoms with Crippen LogP contribution in [-0.4, -0.2) is 24.3 Å². The van der Waals surface area contributed by atoms with Crippen molar-refractivity contribution in [3.8, 4) is 56.4 Å². The third kappa shape index (κ3) is 4.82. The quantitative estimate of drug-likeness (QED) is 0.184. The number of rotatable bonds is 5. The lowest BCUT2D eigenvalue weighted by Gasteiger charge is -2.12. The number of benzene rings is 5. The van der Waals surface area contributed by atoms with Gasteiger partial charge in [-0.15, -0.1) is 0 Å². The number of fused-ring (bicyclic) bond motifs is 5. The molecule has 0 atom stereocenters. The van der Waals surface area contributed by atoms with E-state index in [0.29, 0.717) is 5.82 Å². The van der Waals surface area contributed by atoms with Gasteiger partial charge in [0.15, 0.2) is 5.82 Å². The summed E-state index contributed by atoms with van der Waals surface area (Å²) in [5, 5.41) is 3.24. The molecule has 4 aromatic heterocycles. The van der Waals surface area contributed by atoms with E-state index in [-0.39, 0.29) is 0 Å². The zero-order valence-electron chi connectivity index (χ0n) is 25.3. The van der Waals surface area contributed by atoms with E-state index in [2.05, 4.69) is 95.7 Å².